The van der Waals surface area contributed by atoms with Crippen LogP contribution in [-0.2, 0) is 23.7 Å². The second-order valence-electron chi connectivity index (χ2n) is 6.77. The molecule has 0 saturated carbocycles. The van der Waals surface area contributed by atoms with Gasteiger partial charge >= 0.3 is 18.4 Å². The molecule has 3 aromatic rings. The molecular weight excluding hydrogens is 516 g/mol. The van der Waals surface area contributed by atoms with Crippen molar-refractivity contribution in [2.45, 2.75) is 19.0 Å². The summed E-state index contributed by atoms with van der Waals surface area (Å²) in [5, 5.41) is 33.3. The molecule has 19 heteroatoms. The molecular formula is C17H7F6N5O8. The van der Waals surface area contributed by atoms with Gasteiger partial charge in [-0.05, 0) is 12.1 Å². The van der Waals surface area contributed by atoms with Crippen LogP contribution in [0.15, 0.2) is 30.3 Å². The number of non-ortho nitro benzene ring substituents is 2. The number of aromatic nitrogens is 2. The lowest BCUT2D eigenvalue weighted by Gasteiger charge is -2.11. The molecule has 0 saturated heterocycles. The van der Waals surface area contributed by atoms with Crippen molar-refractivity contribution in [1.29, 1.82) is 0 Å². The molecule has 1 aromatic heterocycles. The van der Waals surface area contributed by atoms with Gasteiger partial charge in [-0.2, -0.15) is 26.3 Å². The Balaban J connectivity index is 2.14. The quantitative estimate of drug-likeness (QED) is 0.254. The van der Waals surface area contributed by atoms with E-state index in [0.29, 0.717) is 6.07 Å². The summed E-state index contributed by atoms with van der Waals surface area (Å²) in [6.07, 6.45) is -12.7. The van der Waals surface area contributed by atoms with Crippen LogP contribution in [0.5, 0.6) is 0 Å². The second kappa shape index (κ2) is 8.74. The molecule has 3 rings (SSSR count). The Kier molecular flexibility index (Phi) is 6.26. The van der Waals surface area contributed by atoms with E-state index in [-0.39, 0.29) is 12.1 Å². The minimum Gasteiger partial charge on any atom is -0.444 e. The zero-order valence-corrected chi connectivity index (χ0v) is 16.9. The number of hydrogen-bond donors (Lipinski definition) is 0. The number of imidazole rings is 1. The van der Waals surface area contributed by atoms with Gasteiger partial charge in [0, 0.05) is 12.1 Å². The van der Waals surface area contributed by atoms with Gasteiger partial charge in [0.15, 0.2) is 5.52 Å². The maximum Gasteiger partial charge on any atom is 0.450 e. The van der Waals surface area contributed by atoms with Gasteiger partial charge in [0.1, 0.15) is 6.61 Å². The monoisotopic (exact) mass is 523 g/mol. The Morgan fingerprint density at radius 2 is 1.50 bits per heavy atom. The summed E-state index contributed by atoms with van der Waals surface area (Å²) in [6, 6.07) is 1.99. The van der Waals surface area contributed by atoms with Crippen LogP contribution >= 0.6 is 0 Å². The number of halogens is 6. The smallest absolute Gasteiger partial charge is 0.444 e. The standard InChI is InChI=1S/C17H7F6N5O8/c18-16(19,20)8-3-10-13(12(4-8)28(34)35)25(14(24-10)17(21,22)23)15(29)36-6-7-1-2-9(26(30)31)5-11(7)27(32)33/h1-5H,6H2. The highest BCUT2D eigenvalue weighted by atomic mass is 19.4. The fourth-order valence-electron chi connectivity index (χ4n) is 3.02. The summed E-state index contributed by atoms with van der Waals surface area (Å²) in [4.78, 5) is 45.2. The SMILES string of the molecule is O=C(OCc1ccc([N+](=O)[O-])cc1[N+](=O)[O-])n1c(C(F)(F)F)nc2cc(C(F)(F)F)cc([N+](=O)[O-])c21. The molecule has 1 heterocycles. The average molecular weight is 523 g/mol. The Bertz CT molecular complexity index is 1430. The highest BCUT2D eigenvalue weighted by Gasteiger charge is 2.43. The van der Waals surface area contributed by atoms with E-state index in [4.69, 9.17) is 0 Å². The molecule has 36 heavy (non-hydrogen) atoms. The molecule has 0 atom stereocenters. The normalized spacial score (nSPS) is 11.9. The molecule has 0 bridgehead atoms. The van der Waals surface area contributed by atoms with Crippen LogP contribution in [0.25, 0.3) is 11.0 Å². The molecule has 0 radical (unpaired) electrons. The third kappa shape index (κ3) is 4.83. The lowest BCUT2D eigenvalue weighted by molar-refractivity contribution is -0.394. The number of alkyl halides is 6. The lowest BCUT2D eigenvalue weighted by Crippen LogP contribution is -2.22. The van der Waals surface area contributed by atoms with E-state index in [9.17, 15) is 61.5 Å². The van der Waals surface area contributed by atoms with Crippen LogP contribution in [0.2, 0.25) is 0 Å². The summed E-state index contributed by atoms with van der Waals surface area (Å²) in [5.74, 6) is -2.16. The first-order valence-corrected chi connectivity index (χ1v) is 8.96. The summed E-state index contributed by atoms with van der Waals surface area (Å²) < 4.78 is 84.0. The van der Waals surface area contributed by atoms with E-state index in [1.54, 1.807) is 0 Å². The van der Waals surface area contributed by atoms with Crippen molar-refractivity contribution in [3.8, 4) is 0 Å². The van der Waals surface area contributed by atoms with Gasteiger partial charge < -0.3 is 4.74 Å². The number of fused-ring (bicyclic) bond motifs is 1. The third-order valence-electron chi connectivity index (χ3n) is 4.52. The van der Waals surface area contributed by atoms with Crippen molar-refractivity contribution in [3.05, 3.63) is 77.6 Å². The molecule has 0 N–H and O–H groups in total. The highest BCUT2D eigenvalue weighted by molar-refractivity contribution is 5.94. The third-order valence-corrected chi connectivity index (χ3v) is 4.52. The number of carbonyl (C=O) groups is 1. The molecule has 0 fully saturated rings. The molecule has 0 spiro atoms. The van der Waals surface area contributed by atoms with Crippen molar-refractivity contribution in [1.82, 2.24) is 9.55 Å². The predicted octanol–water partition coefficient (Wildman–Crippen LogP) is 4.98. The summed E-state index contributed by atoms with van der Waals surface area (Å²) in [5.41, 5.74) is -7.93. The van der Waals surface area contributed by atoms with E-state index < -0.39 is 89.4 Å². The minimum atomic E-state index is -5.51. The summed E-state index contributed by atoms with van der Waals surface area (Å²) in [6.45, 7) is -1.14. The molecule has 190 valence electrons. The summed E-state index contributed by atoms with van der Waals surface area (Å²) >= 11 is 0. The van der Waals surface area contributed by atoms with Gasteiger partial charge in [0.2, 0.25) is 5.82 Å². The number of ether oxygens (including phenoxy) is 1. The van der Waals surface area contributed by atoms with Crippen molar-refractivity contribution < 1.29 is 50.6 Å². The first-order chi connectivity index (χ1) is 16.5. The lowest BCUT2D eigenvalue weighted by atomic mass is 10.1. The number of benzene rings is 2. The van der Waals surface area contributed by atoms with Gasteiger partial charge in [-0.3, -0.25) is 30.3 Å². The summed E-state index contributed by atoms with van der Waals surface area (Å²) in [7, 11) is 0. The molecule has 0 unspecified atom stereocenters. The molecule has 0 aliphatic heterocycles. The number of rotatable bonds is 5. The fourth-order valence-corrected chi connectivity index (χ4v) is 3.02. The number of nitro groups is 3. The molecule has 0 amide bonds. The van der Waals surface area contributed by atoms with Crippen molar-refractivity contribution in [2.24, 2.45) is 0 Å². The van der Waals surface area contributed by atoms with Gasteiger partial charge in [-0.25, -0.2) is 14.3 Å². The van der Waals surface area contributed by atoms with E-state index >= 15 is 0 Å². The Morgan fingerprint density at radius 1 is 0.889 bits per heavy atom. The Hall–Kier alpha value is -4.84. The fraction of sp³-hybridized carbons (Fsp3) is 0.176. The van der Waals surface area contributed by atoms with E-state index in [1.807, 2.05) is 0 Å². The Labute approximate surface area is 191 Å². The van der Waals surface area contributed by atoms with E-state index in [2.05, 4.69) is 9.72 Å². The highest BCUT2D eigenvalue weighted by Crippen LogP contribution is 2.39. The van der Waals surface area contributed by atoms with Gasteiger partial charge in [-0.1, -0.05) is 0 Å². The largest absolute Gasteiger partial charge is 0.450 e. The number of nitrogens with zero attached hydrogens (tertiary/aromatic N) is 5. The molecule has 0 aliphatic rings. The van der Waals surface area contributed by atoms with Crippen molar-refractivity contribution in [3.63, 3.8) is 0 Å². The van der Waals surface area contributed by atoms with Crippen molar-refractivity contribution >= 4 is 34.2 Å². The average Bonchev–Trinajstić information content (AvgIpc) is 3.16. The zero-order valence-electron chi connectivity index (χ0n) is 16.9. The van der Waals surface area contributed by atoms with Crippen LogP contribution < -0.4 is 0 Å². The number of nitro benzene ring substituents is 3. The first-order valence-electron chi connectivity index (χ1n) is 8.96. The Morgan fingerprint density at radius 3 is 2.00 bits per heavy atom. The van der Waals surface area contributed by atoms with Crippen LogP contribution in [0.1, 0.15) is 17.0 Å². The van der Waals surface area contributed by atoms with Gasteiger partial charge in [0.05, 0.1) is 37.5 Å². The molecule has 2 aromatic carbocycles. The van der Waals surface area contributed by atoms with Gasteiger partial charge in [0.25, 0.3) is 17.1 Å². The van der Waals surface area contributed by atoms with E-state index in [0.717, 1.165) is 12.1 Å². The topological polar surface area (TPSA) is 174 Å². The molecule has 13 nitrogen and oxygen atoms in total. The minimum absolute atomic E-state index is 0.0581. The number of carbonyl (C=O) groups excluding carboxylic acids is 1. The first kappa shape index (κ1) is 25.8. The zero-order chi connectivity index (χ0) is 27.2. The number of hydrogen-bond acceptors (Lipinski definition) is 9. The van der Waals surface area contributed by atoms with Gasteiger partial charge in [-0.15, -0.1) is 0 Å². The van der Waals surface area contributed by atoms with Crippen molar-refractivity contribution in [2.75, 3.05) is 0 Å². The molecule has 0 aliphatic carbocycles. The van der Waals surface area contributed by atoms with Crippen LogP contribution in [0, 0.1) is 30.3 Å². The second-order valence-corrected chi connectivity index (χ2v) is 6.77. The van der Waals surface area contributed by atoms with Crippen LogP contribution in [-0.4, -0.2) is 30.4 Å². The maximum absolute atomic E-state index is 13.5. The maximum atomic E-state index is 13.5. The van der Waals surface area contributed by atoms with Crippen LogP contribution in [0.4, 0.5) is 48.2 Å². The van der Waals surface area contributed by atoms with E-state index in [1.165, 1.54) is 0 Å². The van der Waals surface area contributed by atoms with Crippen LogP contribution in [0.3, 0.4) is 0 Å². The predicted molar refractivity (Wildman–Crippen MR) is 102 cm³/mol.